The molecule has 3 rings (SSSR count). The first-order chi connectivity index (χ1) is 12.2. The second-order valence-corrected chi connectivity index (χ2v) is 6.22. The fourth-order valence-electron chi connectivity index (χ4n) is 2.46. The largest absolute Gasteiger partial charge is 0.382 e. The van der Waals surface area contributed by atoms with Gasteiger partial charge in [-0.05, 0) is 44.9 Å². The van der Waals surface area contributed by atoms with E-state index >= 15 is 0 Å². The Morgan fingerprint density at radius 2 is 1.96 bits per heavy atom. The summed E-state index contributed by atoms with van der Waals surface area (Å²) in [6.07, 6.45) is 0. The van der Waals surface area contributed by atoms with Crippen LogP contribution in [0.5, 0.6) is 0 Å². The summed E-state index contributed by atoms with van der Waals surface area (Å²) in [6, 6.07) is 3.15. The lowest BCUT2D eigenvalue weighted by Gasteiger charge is -2.07. The number of fused-ring (bicyclic) bond motifs is 1. The molecule has 134 valence electrons. The highest BCUT2D eigenvalue weighted by Gasteiger charge is 2.19. The van der Waals surface area contributed by atoms with Crippen LogP contribution in [0.2, 0.25) is 0 Å². The van der Waals surface area contributed by atoms with E-state index in [0.717, 1.165) is 18.2 Å². The maximum absolute atomic E-state index is 14.2. The van der Waals surface area contributed by atoms with Crippen molar-refractivity contribution in [3.05, 3.63) is 35.7 Å². The molecule has 3 aromatic rings. The second-order valence-electron chi connectivity index (χ2n) is 6.22. The number of hydrogen-bond acceptors (Lipinski definition) is 5. The SMILES string of the molecule is CCn1c(-c2cc(F)ccc2F)nc2c(N)nc(C#CC(C)(C)O)nc21. The van der Waals surface area contributed by atoms with Crippen molar-refractivity contribution in [2.75, 3.05) is 5.73 Å². The van der Waals surface area contributed by atoms with Crippen molar-refractivity contribution in [1.82, 2.24) is 19.5 Å². The van der Waals surface area contributed by atoms with Gasteiger partial charge in [0.25, 0.3) is 0 Å². The van der Waals surface area contributed by atoms with Crippen LogP contribution in [0.3, 0.4) is 0 Å². The summed E-state index contributed by atoms with van der Waals surface area (Å²) >= 11 is 0. The second kappa shape index (κ2) is 6.35. The van der Waals surface area contributed by atoms with Gasteiger partial charge in [0.1, 0.15) is 23.1 Å². The highest BCUT2D eigenvalue weighted by molar-refractivity contribution is 5.86. The van der Waals surface area contributed by atoms with E-state index in [4.69, 9.17) is 5.73 Å². The van der Waals surface area contributed by atoms with Gasteiger partial charge in [-0.15, -0.1) is 0 Å². The standard InChI is InChI=1S/C18H17F2N5O/c1-4-25-16(11-9-10(19)5-6-12(11)20)24-14-15(21)22-13(23-17(14)25)7-8-18(2,3)26/h5-6,9,26H,4H2,1-3H3,(H2,21,22,23). The Labute approximate surface area is 148 Å². The molecule has 0 spiro atoms. The molecule has 0 radical (unpaired) electrons. The number of aromatic nitrogens is 4. The molecule has 0 aliphatic carbocycles. The zero-order valence-electron chi connectivity index (χ0n) is 14.5. The van der Waals surface area contributed by atoms with Crippen molar-refractivity contribution < 1.29 is 13.9 Å². The summed E-state index contributed by atoms with van der Waals surface area (Å²) in [4.78, 5) is 12.7. The molecule has 0 aliphatic heterocycles. The molecule has 0 saturated heterocycles. The molecule has 3 N–H and O–H groups in total. The fourth-order valence-corrected chi connectivity index (χ4v) is 2.46. The van der Waals surface area contributed by atoms with Gasteiger partial charge in [-0.25, -0.2) is 23.7 Å². The normalized spacial score (nSPS) is 11.5. The van der Waals surface area contributed by atoms with Crippen LogP contribution in [0, 0.1) is 23.5 Å². The zero-order chi connectivity index (χ0) is 19.1. The van der Waals surface area contributed by atoms with E-state index in [1.165, 1.54) is 13.8 Å². The Balaban J connectivity index is 2.26. The van der Waals surface area contributed by atoms with Crippen molar-refractivity contribution in [3.8, 4) is 23.2 Å². The molecule has 2 aromatic heterocycles. The van der Waals surface area contributed by atoms with Crippen LogP contribution in [-0.4, -0.2) is 30.2 Å². The number of halogens is 2. The summed E-state index contributed by atoms with van der Waals surface area (Å²) in [7, 11) is 0. The minimum Gasteiger partial charge on any atom is -0.382 e. The molecule has 2 heterocycles. The molecule has 26 heavy (non-hydrogen) atoms. The van der Waals surface area contributed by atoms with Gasteiger partial charge in [0.2, 0.25) is 5.82 Å². The van der Waals surface area contributed by atoms with E-state index in [1.54, 1.807) is 4.57 Å². The van der Waals surface area contributed by atoms with E-state index in [1.807, 2.05) is 6.92 Å². The van der Waals surface area contributed by atoms with Crippen molar-refractivity contribution >= 4 is 17.0 Å². The predicted molar refractivity (Wildman–Crippen MR) is 93.9 cm³/mol. The molecular weight excluding hydrogens is 340 g/mol. The third-order valence-electron chi connectivity index (χ3n) is 3.59. The number of aliphatic hydroxyl groups is 1. The number of nitrogens with zero attached hydrogens (tertiary/aromatic N) is 4. The lowest BCUT2D eigenvalue weighted by atomic mass is 10.1. The fraction of sp³-hybridized carbons (Fsp3) is 0.278. The number of imidazole rings is 1. The Kier molecular flexibility index (Phi) is 4.34. The minimum atomic E-state index is -1.21. The van der Waals surface area contributed by atoms with E-state index < -0.39 is 17.2 Å². The zero-order valence-corrected chi connectivity index (χ0v) is 14.5. The molecule has 0 aliphatic rings. The summed E-state index contributed by atoms with van der Waals surface area (Å²) in [5.74, 6) is 4.47. The molecule has 0 unspecified atom stereocenters. The number of rotatable bonds is 2. The van der Waals surface area contributed by atoms with Crippen LogP contribution in [0.15, 0.2) is 18.2 Å². The number of aryl methyl sites for hydroxylation is 1. The molecule has 6 nitrogen and oxygen atoms in total. The maximum atomic E-state index is 14.2. The average molecular weight is 357 g/mol. The molecule has 8 heteroatoms. The smallest absolute Gasteiger partial charge is 0.209 e. The Hall–Kier alpha value is -3.05. The molecule has 0 fully saturated rings. The van der Waals surface area contributed by atoms with Gasteiger partial charge < -0.3 is 15.4 Å². The first kappa shape index (κ1) is 17.8. The van der Waals surface area contributed by atoms with Gasteiger partial charge in [-0.1, -0.05) is 5.92 Å². The highest BCUT2D eigenvalue weighted by Crippen LogP contribution is 2.28. The topological polar surface area (TPSA) is 89.9 Å². The van der Waals surface area contributed by atoms with Crippen LogP contribution in [0.25, 0.3) is 22.6 Å². The van der Waals surface area contributed by atoms with Crippen LogP contribution in [0.1, 0.15) is 26.6 Å². The lowest BCUT2D eigenvalue weighted by Crippen LogP contribution is -2.14. The Morgan fingerprint density at radius 3 is 2.62 bits per heavy atom. The van der Waals surface area contributed by atoms with E-state index in [-0.39, 0.29) is 28.5 Å². The van der Waals surface area contributed by atoms with Crippen molar-refractivity contribution in [2.24, 2.45) is 0 Å². The first-order valence-corrected chi connectivity index (χ1v) is 7.94. The molecule has 0 saturated carbocycles. The summed E-state index contributed by atoms with van der Waals surface area (Å²) in [5, 5.41) is 9.72. The quantitative estimate of drug-likeness (QED) is 0.688. The summed E-state index contributed by atoms with van der Waals surface area (Å²) < 4.78 is 29.4. The number of anilines is 1. The Morgan fingerprint density at radius 1 is 1.23 bits per heavy atom. The third-order valence-corrected chi connectivity index (χ3v) is 3.59. The van der Waals surface area contributed by atoms with E-state index in [2.05, 4.69) is 26.8 Å². The van der Waals surface area contributed by atoms with Gasteiger partial charge in [-0.3, -0.25) is 0 Å². The van der Waals surface area contributed by atoms with Gasteiger partial charge in [0.15, 0.2) is 17.0 Å². The van der Waals surface area contributed by atoms with Crippen LogP contribution >= 0.6 is 0 Å². The Bertz CT molecular complexity index is 1060. The highest BCUT2D eigenvalue weighted by atomic mass is 19.1. The van der Waals surface area contributed by atoms with Crippen molar-refractivity contribution in [2.45, 2.75) is 32.9 Å². The van der Waals surface area contributed by atoms with Gasteiger partial charge in [0.05, 0.1) is 5.56 Å². The monoisotopic (exact) mass is 357 g/mol. The number of benzene rings is 1. The third kappa shape index (κ3) is 3.34. The number of nitrogen functional groups attached to an aromatic ring is 1. The molecule has 0 amide bonds. The van der Waals surface area contributed by atoms with Gasteiger partial charge in [-0.2, -0.15) is 0 Å². The number of hydrogen-bond donors (Lipinski definition) is 2. The predicted octanol–water partition coefficient (Wildman–Crippen LogP) is 2.50. The maximum Gasteiger partial charge on any atom is 0.209 e. The van der Waals surface area contributed by atoms with Gasteiger partial charge in [0, 0.05) is 6.54 Å². The molecule has 0 atom stereocenters. The van der Waals surface area contributed by atoms with E-state index in [9.17, 15) is 13.9 Å². The molecular formula is C18H17F2N5O. The first-order valence-electron chi connectivity index (χ1n) is 7.94. The van der Waals surface area contributed by atoms with Gasteiger partial charge >= 0.3 is 0 Å². The lowest BCUT2D eigenvalue weighted by molar-refractivity contribution is 0.143. The summed E-state index contributed by atoms with van der Waals surface area (Å²) in [6.45, 7) is 5.28. The van der Waals surface area contributed by atoms with Crippen LogP contribution in [-0.2, 0) is 6.54 Å². The number of nitrogens with two attached hydrogens (primary N) is 1. The van der Waals surface area contributed by atoms with Crippen molar-refractivity contribution in [1.29, 1.82) is 0 Å². The molecule has 1 aromatic carbocycles. The minimum absolute atomic E-state index is 0.00776. The average Bonchev–Trinajstić information content (AvgIpc) is 2.93. The van der Waals surface area contributed by atoms with Crippen LogP contribution in [0.4, 0.5) is 14.6 Å². The van der Waals surface area contributed by atoms with E-state index in [0.29, 0.717) is 12.2 Å². The molecule has 0 bridgehead atoms. The van der Waals surface area contributed by atoms with Crippen LogP contribution < -0.4 is 5.73 Å². The summed E-state index contributed by atoms with van der Waals surface area (Å²) in [5.41, 5.74) is 5.38. The van der Waals surface area contributed by atoms with Crippen molar-refractivity contribution in [3.63, 3.8) is 0 Å².